The highest BCUT2D eigenvalue weighted by atomic mass is 35.5. The molecule has 3 rings (SSSR count). The van der Waals surface area contributed by atoms with E-state index >= 15 is 0 Å². The fraction of sp³-hybridized carbons (Fsp3) is 0.190. The number of benzene rings is 2. The van der Waals surface area contributed by atoms with E-state index in [1.54, 1.807) is 12.1 Å². The largest absolute Gasteiger partial charge is 0.468 e. The van der Waals surface area contributed by atoms with E-state index in [4.69, 9.17) is 16.0 Å². The number of amides is 1. The zero-order valence-electron chi connectivity index (χ0n) is 16.0. The minimum atomic E-state index is -3.93. The van der Waals surface area contributed by atoms with Gasteiger partial charge >= 0.3 is 0 Å². The molecule has 2 aromatic carbocycles. The first kappa shape index (κ1) is 21.1. The number of halogens is 1. The number of carbonyl (C=O) groups excluding carboxylic acids is 1. The first-order chi connectivity index (χ1) is 13.8. The Labute approximate surface area is 174 Å². The maximum Gasteiger partial charge on any atom is 0.255 e. The van der Waals surface area contributed by atoms with Gasteiger partial charge in [0, 0.05) is 11.3 Å². The van der Waals surface area contributed by atoms with Crippen LogP contribution in [0.3, 0.4) is 0 Å². The predicted octanol–water partition coefficient (Wildman–Crippen LogP) is 4.79. The number of anilines is 1. The molecule has 0 unspecified atom stereocenters. The Morgan fingerprint density at radius 3 is 2.45 bits per heavy atom. The van der Waals surface area contributed by atoms with E-state index in [0.717, 1.165) is 5.56 Å². The van der Waals surface area contributed by atoms with Crippen LogP contribution in [0.5, 0.6) is 0 Å². The van der Waals surface area contributed by atoms with Gasteiger partial charge in [-0.2, -0.15) is 0 Å². The summed E-state index contributed by atoms with van der Waals surface area (Å²) in [4.78, 5) is 12.4. The first-order valence-corrected chi connectivity index (χ1v) is 10.9. The van der Waals surface area contributed by atoms with E-state index in [2.05, 4.69) is 23.9 Å². The van der Waals surface area contributed by atoms with Crippen molar-refractivity contribution in [2.45, 2.75) is 31.2 Å². The average Bonchev–Trinajstić information content (AvgIpc) is 3.21. The molecular weight excluding hydrogens is 412 g/mol. The van der Waals surface area contributed by atoms with Crippen LogP contribution in [0.1, 0.15) is 41.4 Å². The van der Waals surface area contributed by atoms with Crippen LogP contribution >= 0.6 is 11.6 Å². The van der Waals surface area contributed by atoms with Gasteiger partial charge in [0.25, 0.3) is 5.91 Å². The highest BCUT2D eigenvalue weighted by Crippen LogP contribution is 2.24. The van der Waals surface area contributed by atoms with Crippen molar-refractivity contribution in [3.05, 3.63) is 82.8 Å². The van der Waals surface area contributed by atoms with E-state index in [-0.39, 0.29) is 22.0 Å². The number of hydrogen-bond donors (Lipinski definition) is 2. The van der Waals surface area contributed by atoms with Gasteiger partial charge in [-0.05, 0) is 53.9 Å². The summed E-state index contributed by atoms with van der Waals surface area (Å²) in [6.45, 7) is 4.15. The predicted molar refractivity (Wildman–Crippen MR) is 113 cm³/mol. The zero-order valence-corrected chi connectivity index (χ0v) is 17.5. The Kier molecular flexibility index (Phi) is 6.42. The molecule has 6 nitrogen and oxygen atoms in total. The maximum absolute atomic E-state index is 12.6. The second-order valence-corrected chi connectivity index (χ2v) is 8.92. The van der Waals surface area contributed by atoms with Gasteiger partial charge in [0.2, 0.25) is 10.0 Å². The molecule has 0 bridgehead atoms. The maximum atomic E-state index is 12.6. The molecule has 0 radical (unpaired) electrons. The molecule has 8 heteroatoms. The van der Waals surface area contributed by atoms with Gasteiger partial charge in [-0.1, -0.05) is 37.6 Å². The lowest BCUT2D eigenvalue weighted by Gasteiger charge is -2.11. The third-order valence-electron chi connectivity index (χ3n) is 4.33. The van der Waals surface area contributed by atoms with Gasteiger partial charge < -0.3 is 9.73 Å². The van der Waals surface area contributed by atoms with E-state index in [1.807, 2.05) is 24.3 Å². The van der Waals surface area contributed by atoms with E-state index in [1.165, 1.54) is 24.5 Å². The molecule has 0 aliphatic carbocycles. The molecule has 1 aromatic heterocycles. The van der Waals surface area contributed by atoms with Crippen molar-refractivity contribution in [1.29, 1.82) is 0 Å². The zero-order chi connectivity index (χ0) is 21.0. The number of nitrogens with one attached hydrogen (secondary N) is 2. The van der Waals surface area contributed by atoms with Gasteiger partial charge in [-0.3, -0.25) is 4.79 Å². The molecule has 0 atom stereocenters. The lowest BCUT2D eigenvalue weighted by atomic mass is 10.0. The Hall–Kier alpha value is -2.61. The molecular formula is C21H21ClN2O4S. The second-order valence-electron chi connectivity index (χ2n) is 6.78. The number of furan rings is 1. The Morgan fingerprint density at radius 1 is 1.10 bits per heavy atom. The molecule has 29 heavy (non-hydrogen) atoms. The monoisotopic (exact) mass is 432 g/mol. The van der Waals surface area contributed by atoms with Crippen LogP contribution in [-0.2, 0) is 16.6 Å². The van der Waals surface area contributed by atoms with Crippen LogP contribution in [-0.4, -0.2) is 14.3 Å². The summed E-state index contributed by atoms with van der Waals surface area (Å²) in [7, 11) is -3.93. The number of hydrogen-bond acceptors (Lipinski definition) is 4. The topological polar surface area (TPSA) is 88.4 Å². The molecule has 3 aromatic rings. The fourth-order valence-electron chi connectivity index (χ4n) is 2.66. The van der Waals surface area contributed by atoms with E-state index in [9.17, 15) is 13.2 Å². The summed E-state index contributed by atoms with van der Waals surface area (Å²) in [5, 5.41) is 2.79. The Bertz CT molecular complexity index is 1090. The summed E-state index contributed by atoms with van der Waals surface area (Å²) >= 11 is 6.08. The van der Waals surface area contributed by atoms with Crippen molar-refractivity contribution < 1.29 is 17.6 Å². The van der Waals surface area contributed by atoms with Crippen molar-refractivity contribution in [3.8, 4) is 0 Å². The molecule has 0 fully saturated rings. The lowest BCUT2D eigenvalue weighted by Crippen LogP contribution is -2.24. The summed E-state index contributed by atoms with van der Waals surface area (Å²) in [6, 6.07) is 14.9. The first-order valence-electron chi connectivity index (χ1n) is 8.99. The molecule has 0 saturated carbocycles. The lowest BCUT2D eigenvalue weighted by molar-refractivity contribution is 0.102. The quantitative estimate of drug-likeness (QED) is 0.562. The average molecular weight is 433 g/mol. The van der Waals surface area contributed by atoms with Gasteiger partial charge in [-0.15, -0.1) is 0 Å². The van der Waals surface area contributed by atoms with Crippen LogP contribution in [0, 0.1) is 0 Å². The van der Waals surface area contributed by atoms with Crippen LogP contribution in [0.15, 0.2) is 70.2 Å². The highest BCUT2D eigenvalue weighted by molar-refractivity contribution is 7.89. The van der Waals surface area contributed by atoms with Crippen molar-refractivity contribution in [3.63, 3.8) is 0 Å². The molecule has 152 valence electrons. The van der Waals surface area contributed by atoms with Gasteiger partial charge in [0.1, 0.15) is 10.7 Å². The van der Waals surface area contributed by atoms with Crippen LogP contribution in [0.25, 0.3) is 0 Å². The van der Waals surface area contributed by atoms with Crippen molar-refractivity contribution in [1.82, 2.24) is 4.72 Å². The normalized spacial score (nSPS) is 11.6. The smallest absolute Gasteiger partial charge is 0.255 e. The van der Waals surface area contributed by atoms with Gasteiger partial charge in [0.05, 0.1) is 17.8 Å². The summed E-state index contributed by atoms with van der Waals surface area (Å²) in [6.07, 6.45) is 1.45. The van der Waals surface area contributed by atoms with E-state index in [0.29, 0.717) is 17.4 Å². The molecule has 0 spiro atoms. The third-order valence-corrected chi connectivity index (χ3v) is 6.22. The number of carbonyl (C=O) groups is 1. The Morgan fingerprint density at radius 2 is 1.83 bits per heavy atom. The van der Waals surface area contributed by atoms with Gasteiger partial charge in [-0.25, -0.2) is 13.1 Å². The SMILES string of the molecule is CC(C)c1ccc(NC(=O)c2ccc(Cl)c(S(=O)(=O)NCc3ccco3)c2)cc1. The van der Waals surface area contributed by atoms with Crippen molar-refractivity contribution in [2.24, 2.45) is 0 Å². The minimum absolute atomic E-state index is 0.0229. The molecule has 1 heterocycles. The van der Waals surface area contributed by atoms with Crippen LogP contribution in [0.2, 0.25) is 5.02 Å². The highest BCUT2D eigenvalue weighted by Gasteiger charge is 2.20. The standard InChI is InChI=1S/C21H21ClN2O4S/c1-14(2)15-5-8-17(9-6-15)24-21(25)16-7-10-19(22)20(12-16)29(26,27)23-13-18-4-3-11-28-18/h3-12,14,23H,13H2,1-2H3,(H,24,25). The van der Waals surface area contributed by atoms with Crippen molar-refractivity contribution >= 4 is 33.2 Å². The molecule has 0 aliphatic rings. The fourth-order valence-corrected chi connectivity index (χ4v) is 4.18. The summed E-state index contributed by atoms with van der Waals surface area (Å²) in [5.74, 6) is 0.419. The summed E-state index contributed by atoms with van der Waals surface area (Å²) in [5.41, 5.74) is 1.96. The van der Waals surface area contributed by atoms with E-state index < -0.39 is 15.9 Å². The third kappa shape index (κ3) is 5.26. The van der Waals surface area contributed by atoms with Gasteiger partial charge in [0.15, 0.2) is 0 Å². The number of rotatable bonds is 7. The molecule has 0 saturated heterocycles. The summed E-state index contributed by atoms with van der Waals surface area (Å²) < 4.78 is 32.8. The molecule has 0 aliphatic heterocycles. The minimum Gasteiger partial charge on any atom is -0.468 e. The Balaban J connectivity index is 1.77. The molecule has 1 amide bonds. The van der Waals surface area contributed by atoms with Crippen LogP contribution < -0.4 is 10.0 Å². The van der Waals surface area contributed by atoms with Crippen molar-refractivity contribution in [2.75, 3.05) is 5.32 Å². The van der Waals surface area contributed by atoms with Crippen LogP contribution in [0.4, 0.5) is 5.69 Å². The molecule has 2 N–H and O–H groups in total. The number of sulfonamides is 1. The second kappa shape index (κ2) is 8.82.